The highest BCUT2D eigenvalue weighted by molar-refractivity contribution is 5.89. The maximum absolute atomic E-state index is 12.0. The number of para-hydroxylation sites is 2. The molecule has 0 fully saturated rings. The van der Waals surface area contributed by atoms with E-state index in [2.05, 4.69) is 15.6 Å². The number of nitrogens with zero attached hydrogens (tertiary/aromatic N) is 1. The Hall–Kier alpha value is -2.76. The minimum absolute atomic E-state index is 0.0667. The summed E-state index contributed by atoms with van der Waals surface area (Å²) in [5.74, 6) is 1.52. The molecule has 2 amide bonds. The highest BCUT2D eigenvalue weighted by Crippen LogP contribution is 2.31. The van der Waals surface area contributed by atoms with Crippen molar-refractivity contribution in [1.82, 2.24) is 10.3 Å². The average Bonchev–Trinajstić information content (AvgIpc) is 2.57. The Kier molecular flexibility index (Phi) is 4.84. The number of amides is 2. The van der Waals surface area contributed by atoms with Gasteiger partial charge in [0.05, 0.1) is 11.4 Å². The molecule has 1 atom stereocenters. The average molecular weight is 327 g/mol. The monoisotopic (exact) mass is 327 g/mol. The van der Waals surface area contributed by atoms with Gasteiger partial charge in [-0.2, -0.15) is 0 Å². The predicted molar refractivity (Wildman–Crippen MR) is 91.7 cm³/mol. The van der Waals surface area contributed by atoms with Crippen LogP contribution in [0.25, 0.3) is 0 Å². The van der Waals surface area contributed by atoms with Crippen molar-refractivity contribution < 1.29 is 14.3 Å². The number of carbonyl (C=O) groups is 1. The van der Waals surface area contributed by atoms with E-state index in [1.54, 1.807) is 0 Å². The van der Waals surface area contributed by atoms with Gasteiger partial charge in [-0.1, -0.05) is 12.1 Å². The molecule has 0 saturated heterocycles. The quantitative estimate of drug-likeness (QED) is 0.905. The predicted octanol–water partition coefficient (Wildman–Crippen LogP) is 3.05. The van der Waals surface area contributed by atoms with Crippen molar-refractivity contribution >= 4 is 11.7 Å². The van der Waals surface area contributed by atoms with Gasteiger partial charge in [-0.15, -0.1) is 0 Å². The molecule has 6 nitrogen and oxygen atoms in total. The molecule has 1 aliphatic rings. The van der Waals surface area contributed by atoms with Crippen LogP contribution in [0.1, 0.15) is 17.8 Å². The number of aryl methyl sites for hydroxylation is 2. The van der Waals surface area contributed by atoms with Crippen molar-refractivity contribution in [3.63, 3.8) is 0 Å². The molecule has 0 spiro atoms. The smallest absolute Gasteiger partial charge is 0.319 e. The lowest BCUT2D eigenvalue weighted by Crippen LogP contribution is -2.36. The lowest BCUT2D eigenvalue weighted by molar-refractivity contribution is 0.0854. The van der Waals surface area contributed by atoms with E-state index < -0.39 is 0 Å². The maximum Gasteiger partial charge on any atom is 0.319 e. The molecule has 0 saturated carbocycles. The van der Waals surface area contributed by atoms with Crippen LogP contribution in [0, 0.1) is 13.8 Å². The van der Waals surface area contributed by atoms with E-state index in [4.69, 9.17) is 9.47 Å². The number of fused-ring (bicyclic) bond motifs is 1. The molecule has 0 bridgehead atoms. The Morgan fingerprint density at radius 2 is 2.00 bits per heavy atom. The Morgan fingerprint density at radius 1 is 1.21 bits per heavy atom. The fraction of sp³-hybridized carbons (Fsp3) is 0.333. The number of ether oxygens (including phenoxy) is 2. The Morgan fingerprint density at radius 3 is 2.79 bits per heavy atom. The van der Waals surface area contributed by atoms with Crippen molar-refractivity contribution in [2.24, 2.45) is 0 Å². The van der Waals surface area contributed by atoms with Crippen molar-refractivity contribution in [2.75, 3.05) is 18.5 Å². The van der Waals surface area contributed by atoms with E-state index in [0.29, 0.717) is 25.3 Å². The van der Waals surface area contributed by atoms with Crippen LogP contribution in [-0.2, 0) is 0 Å². The summed E-state index contributed by atoms with van der Waals surface area (Å²) < 4.78 is 11.5. The van der Waals surface area contributed by atoms with Gasteiger partial charge in [-0.3, -0.25) is 4.98 Å². The second kappa shape index (κ2) is 7.21. The Balaban J connectivity index is 1.44. The van der Waals surface area contributed by atoms with Crippen LogP contribution in [-0.4, -0.2) is 30.3 Å². The van der Waals surface area contributed by atoms with Gasteiger partial charge in [0.2, 0.25) is 0 Å². The normalized spacial score (nSPS) is 15.7. The van der Waals surface area contributed by atoms with Gasteiger partial charge < -0.3 is 20.1 Å². The van der Waals surface area contributed by atoms with Crippen LogP contribution < -0.4 is 20.1 Å². The standard InChI is InChI=1S/C18H21N3O3/c1-12-7-8-15(13(2)20-12)21-18(22)19-10-9-14-11-23-16-5-3-4-6-17(16)24-14/h3-8,14H,9-11H2,1-2H3,(H2,19,21,22)/t14-/m0/s1. The first kappa shape index (κ1) is 16.1. The Labute approximate surface area is 141 Å². The zero-order valence-corrected chi connectivity index (χ0v) is 13.8. The van der Waals surface area contributed by atoms with Crippen molar-refractivity contribution in [1.29, 1.82) is 0 Å². The number of benzene rings is 1. The molecule has 1 aromatic heterocycles. The van der Waals surface area contributed by atoms with Crippen LogP contribution in [0.3, 0.4) is 0 Å². The van der Waals surface area contributed by atoms with Gasteiger partial charge >= 0.3 is 6.03 Å². The van der Waals surface area contributed by atoms with Crippen molar-refractivity contribution in [3.05, 3.63) is 47.8 Å². The van der Waals surface area contributed by atoms with Crippen LogP contribution >= 0.6 is 0 Å². The molecular formula is C18H21N3O3. The summed E-state index contributed by atoms with van der Waals surface area (Å²) in [6.07, 6.45) is 0.607. The third-order valence-electron chi connectivity index (χ3n) is 3.79. The summed E-state index contributed by atoms with van der Waals surface area (Å²) in [5, 5.41) is 5.64. The Bertz CT molecular complexity index is 733. The molecule has 2 aromatic rings. The minimum atomic E-state index is -0.249. The zero-order chi connectivity index (χ0) is 16.9. The number of aromatic nitrogens is 1. The summed E-state index contributed by atoms with van der Waals surface area (Å²) in [7, 11) is 0. The number of nitrogens with one attached hydrogen (secondary N) is 2. The molecule has 0 aliphatic carbocycles. The number of rotatable bonds is 4. The first-order valence-electron chi connectivity index (χ1n) is 7.99. The van der Waals surface area contributed by atoms with E-state index in [9.17, 15) is 4.79 Å². The van der Waals surface area contributed by atoms with Crippen LogP contribution in [0.2, 0.25) is 0 Å². The van der Waals surface area contributed by atoms with E-state index in [1.165, 1.54) is 0 Å². The molecule has 1 aromatic carbocycles. The molecule has 0 unspecified atom stereocenters. The zero-order valence-electron chi connectivity index (χ0n) is 13.8. The first-order chi connectivity index (χ1) is 11.6. The largest absolute Gasteiger partial charge is 0.486 e. The molecule has 0 radical (unpaired) electrons. The topological polar surface area (TPSA) is 72.5 Å². The maximum atomic E-state index is 12.0. The van der Waals surface area contributed by atoms with E-state index in [1.807, 2.05) is 50.2 Å². The number of pyridine rings is 1. The molecule has 24 heavy (non-hydrogen) atoms. The first-order valence-corrected chi connectivity index (χ1v) is 7.99. The molecule has 126 valence electrons. The third-order valence-corrected chi connectivity index (χ3v) is 3.79. The van der Waals surface area contributed by atoms with Crippen molar-refractivity contribution in [3.8, 4) is 11.5 Å². The number of urea groups is 1. The van der Waals surface area contributed by atoms with E-state index >= 15 is 0 Å². The van der Waals surface area contributed by atoms with Crippen LogP contribution in [0.4, 0.5) is 10.5 Å². The van der Waals surface area contributed by atoms with Gasteiger partial charge in [-0.05, 0) is 38.1 Å². The highest BCUT2D eigenvalue weighted by Gasteiger charge is 2.20. The van der Waals surface area contributed by atoms with Gasteiger partial charge in [0.1, 0.15) is 12.7 Å². The van der Waals surface area contributed by atoms with Crippen molar-refractivity contribution in [2.45, 2.75) is 26.4 Å². The van der Waals surface area contributed by atoms with E-state index in [-0.39, 0.29) is 12.1 Å². The fourth-order valence-electron chi connectivity index (χ4n) is 2.54. The summed E-state index contributed by atoms with van der Waals surface area (Å²) in [6, 6.07) is 11.1. The van der Waals surface area contributed by atoms with Gasteiger partial charge in [0, 0.05) is 18.7 Å². The third kappa shape index (κ3) is 3.95. The molecule has 2 N–H and O–H groups in total. The second-order valence-corrected chi connectivity index (χ2v) is 5.75. The molecule has 6 heteroatoms. The fourth-order valence-corrected chi connectivity index (χ4v) is 2.54. The van der Waals surface area contributed by atoms with E-state index in [0.717, 1.165) is 22.9 Å². The van der Waals surface area contributed by atoms with Crippen LogP contribution in [0.15, 0.2) is 36.4 Å². The van der Waals surface area contributed by atoms with Gasteiger partial charge in [0.25, 0.3) is 0 Å². The highest BCUT2D eigenvalue weighted by atomic mass is 16.6. The number of hydrogen-bond acceptors (Lipinski definition) is 4. The summed E-state index contributed by atoms with van der Waals surface area (Å²) >= 11 is 0. The summed E-state index contributed by atoms with van der Waals surface area (Å²) in [4.78, 5) is 16.3. The minimum Gasteiger partial charge on any atom is -0.486 e. The van der Waals surface area contributed by atoms with Gasteiger partial charge in [0.15, 0.2) is 11.5 Å². The molecule has 3 rings (SSSR count). The SMILES string of the molecule is Cc1ccc(NC(=O)NCC[C@H]2COc3ccccc3O2)c(C)n1. The second-order valence-electron chi connectivity index (χ2n) is 5.75. The van der Waals surface area contributed by atoms with Gasteiger partial charge in [-0.25, -0.2) is 4.79 Å². The molecule has 2 heterocycles. The van der Waals surface area contributed by atoms with Crippen LogP contribution in [0.5, 0.6) is 11.5 Å². The number of carbonyl (C=O) groups excluding carboxylic acids is 1. The summed E-state index contributed by atoms with van der Waals surface area (Å²) in [6.45, 7) is 4.77. The number of anilines is 1. The lowest BCUT2D eigenvalue weighted by Gasteiger charge is -2.26. The summed E-state index contributed by atoms with van der Waals surface area (Å²) in [5.41, 5.74) is 2.43. The molecular weight excluding hydrogens is 306 g/mol. The lowest BCUT2D eigenvalue weighted by atomic mass is 10.2. The molecule has 1 aliphatic heterocycles. The number of hydrogen-bond donors (Lipinski definition) is 2.